The minimum atomic E-state index is 0.571. The summed E-state index contributed by atoms with van der Waals surface area (Å²) in [5, 5.41) is 3.63. The molecule has 1 heterocycles. The van der Waals surface area contributed by atoms with E-state index >= 15 is 0 Å². The zero-order valence-electron chi connectivity index (χ0n) is 12.8. The van der Waals surface area contributed by atoms with Crippen LogP contribution in [0.15, 0.2) is 0 Å². The summed E-state index contributed by atoms with van der Waals surface area (Å²) in [4.78, 5) is 2.81. The molecule has 18 heavy (non-hydrogen) atoms. The number of likely N-dealkylation sites (tertiary alicyclic amines) is 1. The predicted molar refractivity (Wildman–Crippen MR) is 78.9 cm³/mol. The third kappa shape index (κ3) is 3.48. The van der Waals surface area contributed by atoms with Crippen molar-refractivity contribution in [2.75, 3.05) is 13.1 Å². The van der Waals surface area contributed by atoms with E-state index in [1.807, 2.05) is 0 Å². The molecule has 1 aliphatic heterocycles. The lowest BCUT2D eigenvalue weighted by molar-refractivity contribution is 0.0364. The van der Waals surface area contributed by atoms with E-state index in [-0.39, 0.29) is 0 Å². The lowest BCUT2D eigenvalue weighted by Crippen LogP contribution is -2.53. The Kier molecular flexibility index (Phi) is 4.71. The van der Waals surface area contributed by atoms with Gasteiger partial charge in [-0.05, 0) is 51.0 Å². The van der Waals surface area contributed by atoms with Crippen molar-refractivity contribution in [1.29, 1.82) is 0 Å². The molecular weight excluding hydrogens is 220 g/mol. The monoisotopic (exact) mass is 252 g/mol. The summed E-state index contributed by atoms with van der Waals surface area (Å²) >= 11 is 0. The SMILES string of the molecule is CCNC1CCN(C2CCCC(C)(C)C2)C(C)C1. The van der Waals surface area contributed by atoms with Crippen LogP contribution in [0, 0.1) is 5.41 Å². The maximum absolute atomic E-state index is 3.63. The maximum atomic E-state index is 3.63. The molecule has 2 heteroatoms. The molecule has 1 N–H and O–H groups in total. The molecular formula is C16H32N2. The van der Waals surface area contributed by atoms with Gasteiger partial charge in [0.1, 0.15) is 0 Å². The molecule has 2 rings (SSSR count). The van der Waals surface area contributed by atoms with Gasteiger partial charge in [-0.3, -0.25) is 4.90 Å². The Bertz CT molecular complexity index is 262. The Balaban J connectivity index is 1.90. The summed E-state index contributed by atoms with van der Waals surface area (Å²) in [5.74, 6) is 0. The molecule has 1 saturated heterocycles. The lowest BCUT2D eigenvalue weighted by atomic mass is 9.74. The van der Waals surface area contributed by atoms with E-state index in [1.54, 1.807) is 0 Å². The third-order valence-corrected chi connectivity index (χ3v) is 5.07. The van der Waals surface area contributed by atoms with Gasteiger partial charge in [-0.15, -0.1) is 0 Å². The molecule has 0 bridgehead atoms. The fourth-order valence-electron chi connectivity index (χ4n) is 4.15. The number of nitrogens with one attached hydrogen (secondary N) is 1. The van der Waals surface area contributed by atoms with Crippen LogP contribution in [0.4, 0.5) is 0 Å². The molecule has 0 radical (unpaired) electrons. The summed E-state index contributed by atoms with van der Waals surface area (Å²) in [5.41, 5.74) is 0.571. The van der Waals surface area contributed by atoms with Crippen LogP contribution >= 0.6 is 0 Å². The van der Waals surface area contributed by atoms with Gasteiger partial charge in [0.05, 0.1) is 0 Å². The van der Waals surface area contributed by atoms with Gasteiger partial charge in [-0.25, -0.2) is 0 Å². The largest absolute Gasteiger partial charge is 0.314 e. The zero-order valence-corrected chi connectivity index (χ0v) is 12.8. The van der Waals surface area contributed by atoms with Gasteiger partial charge >= 0.3 is 0 Å². The number of piperidine rings is 1. The quantitative estimate of drug-likeness (QED) is 0.828. The molecule has 2 aliphatic rings. The average molecular weight is 252 g/mol. The van der Waals surface area contributed by atoms with Crippen LogP contribution in [0.3, 0.4) is 0 Å². The highest BCUT2D eigenvalue weighted by Crippen LogP contribution is 2.38. The van der Waals surface area contributed by atoms with Crippen LogP contribution in [-0.2, 0) is 0 Å². The normalized spacial score (nSPS) is 37.7. The smallest absolute Gasteiger partial charge is 0.0103 e. The van der Waals surface area contributed by atoms with Crippen molar-refractivity contribution in [2.24, 2.45) is 5.41 Å². The maximum Gasteiger partial charge on any atom is 0.0103 e. The minimum Gasteiger partial charge on any atom is -0.314 e. The Morgan fingerprint density at radius 3 is 2.67 bits per heavy atom. The number of hydrogen-bond donors (Lipinski definition) is 1. The average Bonchev–Trinajstić information content (AvgIpc) is 2.28. The molecule has 0 aromatic heterocycles. The van der Waals surface area contributed by atoms with Crippen LogP contribution in [0.5, 0.6) is 0 Å². The fourth-order valence-corrected chi connectivity index (χ4v) is 4.15. The van der Waals surface area contributed by atoms with Gasteiger partial charge < -0.3 is 5.32 Å². The number of hydrogen-bond acceptors (Lipinski definition) is 2. The first kappa shape index (κ1) is 14.3. The van der Waals surface area contributed by atoms with E-state index in [4.69, 9.17) is 0 Å². The fraction of sp³-hybridized carbons (Fsp3) is 1.00. The minimum absolute atomic E-state index is 0.571. The van der Waals surface area contributed by atoms with Crippen LogP contribution in [0.25, 0.3) is 0 Å². The molecule has 0 aromatic carbocycles. The Hall–Kier alpha value is -0.0800. The van der Waals surface area contributed by atoms with Crippen molar-refractivity contribution in [1.82, 2.24) is 10.2 Å². The Labute approximate surface area is 114 Å². The van der Waals surface area contributed by atoms with Gasteiger partial charge in [0.25, 0.3) is 0 Å². The van der Waals surface area contributed by atoms with E-state index in [2.05, 4.69) is 37.9 Å². The Morgan fingerprint density at radius 2 is 2.06 bits per heavy atom. The molecule has 0 amide bonds. The molecule has 2 fully saturated rings. The lowest BCUT2D eigenvalue weighted by Gasteiger charge is -2.47. The number of rotatable bonds is 3. The second-order valence-corrected chi connectivity index (χ2v) is 7.28. The molecule has 3 atom stereocenters. The van der Waals surface area contributed by atoms with Crippen LogP contribution in [-0.4, -0.2) is 36.1 Å². The summed E-state index contributed by atoms with van der Waals surface area (Å²) in [7, 11) is 0. The van der Waals surface area contributed by atoms with Crippen molar-refractivity contribution >= 4 is 0 Å². The topological polar surface area (TPSA) is 15.3 Å². The van der Waals surface area contributed by atoms with E-state index in [0.717, 1.165) is 24.7 Å². The highest BCUT2D eigenvalue weighted by atomic mass is 15.2. The predicted octanol–water partition coefficient (Wildman–Crippen LogP) is 3.42. The summed E-state index contributed by atoms with van der Waals surface area (Å²) in [6.07, 6.45) is 8.37. The van der Waals surface area contributed by atoms with Gasteiger partial charge in [0.15, 0.2) is 0 Å². The van der Waals surface area contributed by atoms with E-state index < -0.39 is 0 Å². The highest BCUT2D eigenvalue weighted by Gasteiger charge is 2.35. The van der Waals surface area contributed by atoms with Gasteiger partial charge in [0.2, 0.25) is 0 Å². The second kappa shape index (κ2) is 5.92. The molecule has 0 spiro atoms. The van der Waals surface area contributed by atoms with E-state index in [9.17, 15) is 0 Å². The summed E-state index contributed by atoms with van der Waals surface area (Å²) in [6, 6.07) is 2.38. The van der Waals surface area contributed by atoms with Gasteiger partial charge in [0, 0.05) is 24.7 Å². The first-order valence-electron chi connectivity index (χ1n) is 8.01. The first-order valence-corrected chi connectivity index (χ1v) is 8.01. The first-order chi connectivity index (χ1) is 8.52. The second-order valence-electron chi connectivity index (χ2n) is 7.28. The molecule has 1 aliphatic carbocycles. The van der Waals surface area contributed by atoms with Gasteiger partial charge in [-0.2, -0.15) is 0 Å². The molecule has 3 unspecified atom stereocenters. The van der Waals surface area contributed by atoms with Crippen molar-refractivity contribution in [3.05, 3.63) is 0 Å². The van der Waals surface area contributed by atoms with E-state index in [0.29, 0.717) is 5.41 Å². The van der Waals surface area contributed by atoms with E-state index in [1.165, 1.54) is 45.1 Å². The molecule has 1 saturated carbocycles. The third-order valence-electron chi connectivity index (χ3n) is 5.07. The van der Waals surface area contributed by atoms with Crippen molar-refractivity contribution in [3.63, 3.8) is 0 Å². The van der Waals surface area contributed by atoms with Crippen molar-refractivity contribution in [2.45, 2.75) is 84.3 Å². The Morgan fingerprint density at radius 1 is 1.28 bits per heavy atom. The number of nitrogens with zero attached hydrogens (tertiary/aromatic N) is 1. The molecule has 0 aromatic rings. The van der Waals surface area contributed by atoms with Crippen LogP contribution < -0.4 is 5.32 Å². The van der Waals surface area contributed by atoms with Crippen LogP contribution in [0.1, 0.15) is 66.2 Å². The summed E-state index contributed by atoms with van der Waals surface area (Å²) in [6.45, 7) is 12.0. The molecule has 106 valence electrons. The van der Waals surface area contributed by atoms with Crippen LogP contribution in [0.2, 0.25) is 0 Å². The highest BCUT2D eigenvalue weighted by molar-refractivity contribution is 4.91. The zero-order chi connectivity index (χ0) is 13.2. The van der Waals surface area contributed by atoms with Gasteiger partial charge in [-0.1, -0.05) is 27.2 Å². The van der Waals surface area contributed by atoms with Crippen molar-refractivity contribution in [3.8, 4) is 0 Å². The summed E-state index contributed by atoms with van der Waals surface area (Å²) < 4.78 is 0. The van der Waals surface area contributed by atoms with Crippen molar-refractivity contribution < 1.29 is 0 Å². The standard InChI is InChI=1S/C16H32N2/c1-5-17-14-8-10-18(13(2)11-14)15-7-6-9-16(3,4)12-15/h13-15,17H,5-12H2,1-4H3. The molecule has 2 nitrogen and oxygen atoms in total.